The highest BCUT2D eigenvalue weighted by molar-refractivity contribution is 5.85. The zero-order valence-corrected chi connectivity index (χ0v) is 14.4. The van der Waals surface area contributed by atoms with Crippen LogP contribution in [-0.2, 0) is 4.79 Å². The number of hydrogen-bond donors (Lipinski definition) is 1. The Morgan fingerprint density at radius 1 is 1.19 bits per heavy atom. The van der Waals surface area contributed by atoms with Crippen LogP contribution in [0.4, 0.5) is 0 Å². The molecule has 0 aromatic rings. The van der Waals surface area contributed by atoms with Gasteiger partial charge in [-0.15, -0.1) is 0 Å². The third-order valence-electron chi connectivity index (χ3n) is 5.38. The highest BCUT2D eigenvalue weighted by Crippen LogP contribution is 2.34. The number of nitrogens with one attached hydrogen (secondary N) is 1. The first-order chi connectivity index (χ1) is 10.1. The number of carbonyl (C=O) groups excluding carboxylic acids is 1. The summed E-state index contributed by atoms with van der Waals surface area (Å²) in [5.41, 5.74) is 0. The summed E-state index contributed by atoms with van der Waals surface area (Å²) in [5.74, 6) is 1.41. The Labute approximate surface area is 130 Å². The second-order valence-electron chi connectivity index (χ2n) is 7.47. The van der Waals surface area contributed by atoms with Gasteiger partial charge in [-0.05, 0) is 38.0 Å². The van der Waals surface area contributed by atoms with Crippen LogP contribution in [0.2, 0.25) is 0 Å². The van der Waals surface area contributed by atoms with Gasteiger partial charge in [0, 0.05) is 6.04 Å². The molecule has 21 heavy (non-hydrogen) atoms. The van der Waals surface area contributed by atoms with E-state index in [1.165, 1.54) is 44.9 Å². The van der Waals surface area contributed by atoms with Crippen molar-refractivity contribution >= 4 is 5.91 Å². The summed E-state index contributed by atoms with van der Waals surface area (Å²) in [4.78, 5) is 15.1. The van der Waals surface area contributed by atoms with Crippen molar-refractivity contribution in [2.24, 2.45) is 11.8 Å². The Morgan fingerprint density at radius 2 is 1.86 bits per heavy atom. The lowest BCUT2D eigenvalue weighted by molar-refractivity contribution is -0.133. The lowest BCUT2D eigenvalue weighted by atomic mass is 10.0. The van der Waals surface area contributed by atoms with Gasteiger partial charge in [0.05, 0.1) is 12.2 Å². The summed E-state index contributed by atoms with van der Waals surface area (Å²) in [6.07, 6.45) is 10.5. The Hall–Kier alpha value is -0.570. The fourth-order valence-corrected chi connectivity index (χ4v) is 4.07. The van der Waals surface area contributed by atoms with Crippen LogP contribution in [0.15, 0.2) is 0 Å². The van der Waals surface area contributed by atoms with Crippen LogP contribution in [0.3, 0.4) is 0 Å². The summed E-state index contributed by atoms with van der Waals surface area (Å²) < 4.78 is 0. The second kappa shape index (κ2) is 7.62. The van der Waals surface area contributed by atoms with E-state index in [4.69, 9.17) is 0 Å². The molecule has 1 saturated heterocycles. The third-order valence-corrected chi connectivity index (χ3v) is 5.38. The van der Waals surface area contributed by atoms with E-state index in [0.29, 0.717) is 30.0 Å². The molecule has 122 valence electrons. The lowest BCUT2D eigenvalue weighted by Crippen LogP contribution is -2.47. The first-order valence-corrected chi connectivity index (χ1v) is 9.14. The molecule has 0 spiro atoms. The fourth-order valence-electron chi connectivity index (χ4n) is 4.07. The third kappa shape index (κ3) is 3.80. The molecule has 2 rings (SSSR count). The summed E-state index contributed by atoms with van der Waals surface area (Å²) in [6, 6.07) is 0.412. The average Bonchev–Trinajstić information content (AvgIpc) is 3.05. The summed E-state index contributed by atoms with van der Waals surface area (Å²) in [5, 5.41) is 3.68. The van der Waals surface area contributed by atoms with E-state index < -0.39 is 0 Å². The van der Waals surface area contributed by atoms with Gasteiger partial charge in [0.15, 0.2) is 0 Å². The van der Waals surface area contributed by atoms with Crippen molar-refractivity contribution in [2.75, 3.05) is 0 Å². The summed E-state index contributed by atoms with van der Waals surface area (Å²) in [7, 11) is 0. The standard InChI is InChI=1S/C18H34N2O/c1-5-6-7-10-14(4)20-17(15-11-8-9-12-15)19-16(13(2)3)18(20)21/h13-17,19H,5-12H2,1-4H3. The first kappa shape index (κ1) is 16.8. The molecule has 2 fully saturated rings. The highest BCUT2D eigenvalue weighted by atomic mass is 16.2. The van der Waals surface area contributed by atoms with E-state index in [2.05, 4.69) is 37.9 Å². The van der Waals surface area contributed by atoms with E-state index in [9.17, 15) is 4.79 Å². The molecule has 2 aliphatic rings. The zero-order chi connectivity index (χ0) is 15.4. The van der Waals surface area contributed by atoms with Gasteiger partial charge >= 0.3 is 0 Å². The van der Waals surface area contributed by atoms with Gasteiger partial charge in [-0.25, -0.2) is 0 Å². The Kier molecular flexibility index (Phi) is 6.09. The van der Waals surface area contributed by atoms with Crippen LogP contribution in [0.1, 0.15) is 79.1 Å². The van der Waals surface area contributed by atoms with E-state index >= 15 is 0 Å². The number of nitrogens with zero attached hydrogens (tertiary/aromatic N) is 1. The van der Waals surface area contributed by atoms with Gasteiger partial charge in [-0.2, -0.15) is 0 Å². The number of amides is 1. The quantitative estimate of drug-likeness (QED) is 0.722. The van der Waals surface area contributed by atoms with Gasteiger partial charge in [-0.1, -0.05) is 52.9 Å². The van der Waals surface area contributed by atoms with Crippen LogP contribution in [0.25, 0.3) is 0 Å². The van der Waals surface area contributed by atoms with E-state index in [0.717, 1.165) is 6.42 Å². The molecule has 1 N–H and O–H groups in total. The van der Waals surface area contributed by atoms with Crippen molar-refractivity contribution in [2.45, 2.75) is 97.3 Å². The van der Waals surface area contributed by atoms with Gasteiger partial charge < -0.3 is 4.90 Å². The molecule has 0 radical (unpaired) electrons. The number of unbranched alkanes of at least 4 members (excludes halogenated alkanes) is 2. The normalized spacial score (nSPS) is 28.8. The van der Waals surface area contributed by atoms with Crippen molar-refractivity contribution in [1.29, 1.82) is 0 Å². The Bertz CT molecular complexity index is 336. The molecule has 1 saturated carbocycles. The molecule has 3 unspecified atom stereocenters. The van der Waals surface area contributed by atoms with Crippen LogP contribution < -0.4 is 5.32 Å². The largest absolute Gasteiger partial charge is 0.323 e. The maximum absolute atomic E-state index is 12.9. The number of hydrogen-bond acceptors (Lipinski definition) is 2. The second-order valence-corrected chi connectivity index (χ2v) is 7.47. The minimum atomic E-state index is 0.0317. The van der Waals surface area contributed by atoms with Gasteiger partial charge in [-0.3, -0.25) is 10.1 Å². The SMILES string of the molecule is CCCCCC(C)N1C(=O)C(C(C)C)NC1C1CCCC1. The Balaban J connectivity index is 2.06. The van der Waals surface area contributed by atoms with Crippen LogP contribution in [0, 0.1) is 11.8 Å². The maximum atomic E-state index is 12.9. The topological polar surface area (TPSA) is 32.3 Å². The van der Waals surface area contributed by atoms with Crippen molar-refractivity contribution in [1.82, 2.24) is 10.2 Å². The molecule has 3 atom stereocenters. The molecule has 0 bridgehead atoms. The van der Waals surface area contributed by atoms with Gasteiger partial charge in [0.25, 0.3) is 0 Å². The Morgan fingerprint density at radius 3 is 2.43 bits per heavy atom. The van der Waals surface area contributed by atoms with Crippen molar-refractivity contribution in [3.8, 4) is 0 Å². The van der Waals surface area contributed by atoms with Gasteiger partial charge in [0.1, 0.15) is 0 Å². The molecule has 3 nitrogen and oxygen atoms in total. The van der Waals surface area contributed by atoms with Crippen molar-refractivity contribution < 1.29 is 4.79 Å². The smallest absolute Gasteiger partial charge is 0.241 e. The molecule has 1 amide bonds. The van der Waals surface area contributed by atoms with Crippen LogP contribution in [-0.4, -0.2) is 29.1 Å². The molecule has 1 aliphatic heterocycles. The molecule has 0 aromatic carbocycles. The fraction of sp³-hybridized carbons (Fsp3) is 0.944. The number of carbonyl (C=O) groups is 1. The molecule has 3 heteroatoms. The van der Waals surface area contributed by atoms with Crippen LogP contribution >= 0.6 is 0 Å². The number of rotatable bonds is 7. The molecular formula is C18H34N2O. The minimum Gasteiger partial charge on any atom is -0.323 e. The predicted molar refractivity (Wildman–Crippen MR) is 88.0 cm³/mol. The summed E-state index contributed by atoms with van der Waals surface area (Å²) >= 11 is 0. The highest BCUT2D eigenvalue weighted by Gasteiger charge is 2.45. The van der Waals surface area contributed by atoms with Gasteiger partial charge in [0.2, 0.25) is 5.91 Å². The molecule has 0 aromatic heterocycles. The molecule has 1 aliphatic carbocycles. The average molecular weight is 294 g/mol. The molecule has 1 heterocycles. The van der Waals surface area contributed by atoms with E-state index in [1.807, 2.05) is 0 Å². The lowest BCUT2D eigenvalue weighted by Gasteiger charge is -2.34. The van der Waals surface area contributed by atoms with Crippen molar-refractivity contribution in [3.63, 3.8) is 0 Å². The predicted octanol–water partition coefficient (Wildman–Crippen LogP) is 3.93. The summed E-state index contributed by atoms with van der Waals surface area (Å²) in [6.45, 7) is 8.81. The monoisotopic (exact) mass is 294 g/mol. The first-order valence-electron chi connectivity index (χ1n) is 9.14. The zero-order valence-electron chi connectivity index (χ0n) is 14.4. The minimum absolute atomic E-state index is 0.0317. The maximum Gasteiger partial charge on any atom is 0.241 e. The van der Waals surface area contributed by atoms with E-state index in [-0.39, 0.29) is 6.04 Å². The van der Waals surface area contributed by atoms with Crippen molar-refractivity contribution in [3.05, 3.63) is 0 Å². The molecular weight excluding hydrogens is 260 g/mol. The van der Waals surface area contributed by atoms with Crippen LogP contribution in [0.5, 0.6) is 0 Å². The van der Waals surface area contributed by atoms with E-state index in [1.54, 1.807) is 0 Å².